The maximum Gasteiger partial charge on any atom is 0.0408 e. The van der Waals surface area contributed by atoms with Gasteiger partial charge in [-0.05, 0) is 55.1 Å². The monoisotopic (exact) mass is 475 g/mol. The van der Waals surface area contributed by atoms with Gasteiger partial charge >= 0.3 is 0 Å². The maximum absolute atomic E-state index is 4.03. The van der Waals surface area contributed by atoms with Crippen molar-refractivity contribution < 1.29 is 0 Å². The zero-order chi connectivity index (χ0) is 24.4. The highest BCUT2D eigenvalue weighted by Crippen LogP contribution is 2.33. The number of allylic oxidation sites excluding steroid dienone is 11. The van der Waals surface area contributed by atoms with E-state index in [-0.39, 0.29) is 0 Å². The predicted molar refractivity (Wildman–Crippen MR) is 155 cm³/mol. The Morgan fingerprint density at radius 3 is 1.89 bits per heavy atom. The van der Waals surface area contributed by atoms with Crippen LogP contribution in [0.15, 0.2) is 71.5 Å². The first-order valence-electron chi connectivity index (χ1n) is 15.2. The van der Waals surface area contributed by atoms with E-state index in [1.807, 2.05) is 0 Å². The summed E-state index contributed by atoms with van der Waals surface area (Å²) >= 11 is 0. The number of hydrogen-bond donors (Lipinski definition) is 1. The van der Waals surface area contributed by atoms with Crippen LogP contribution in [0, 0.1) is 11.8 Å². The van der Waals surface area contributed by atoms with Crippen molar-refractivity contribution in [3.63, 3.8) is 0 Å². The molecular weight excluding hydrogens is 422 g/mol. The van der Waals surface area contributed by atoms with Gasteiger partial charge in [0.15, 0.2) is 0 Å². The minimum absolute atomic E-state index is 0.664. The number of rotatable bonds is 1. The van der Waals surface area contributed by atoms with E-state index in [0.29, 0.717) is 5.92 Å². The normalized spacial score (nSPS) is 31.2. The summed E-state index contributed by atoms with van der Waals surface area (Å²) in [6, 6.07) is 0. The molecule has 2 atom stereocenters. The Morgan fingerprint density at radius 2 is 1.11 bits per heavy atom. The summed E-state index contributed by atoms with van der Waals surface area (Å²) in [5.41, 5.74) is 4.58. The van der Waals surface area contributed by atoms with Crippen molar-refractivity contribution in [3.05, 3.63) is 71.5 Å². The third-order valence-electron chi connectivity index (χ3n) is 8.21. The summed E-state index contributed by atoms with van der Waals surface area (Å²) in [6.45, 7) is 3.58. The van der Waals surface area contributed by atoms with Gasteiger partial charge in [-0.2, -0.15) is 0 Å². The number of hydrogen-bond acceptors (Lipinski definition) is 1. The molecule has 1 aliphatic heterocycles. The standard InChI is InChI=1S/C34H53N/c1-30-22-14-13-17-24-31(25-20-19-23-30)33-28-18-11-7-4-6-10-16-27-32-26-15-9-5-2-3-8-12-21-29-35-34(32)33/h4,6-7,10-11,16,18,27-28,30-31,35H,2-3,5,8-9,12-15,17,19-26,29H2,1H3/b6-4-,7-4?,10-6?,11-7-,16-10-,18-11?,27-16?,28-18?,32-27-,33-28?,34-32?,34-33?. The van der Waals surface area contributed by atoms with Crippen LogP contribution in [-0.2, 0) is 0 Å². The zero-order valence-corrected chi connectivity index (χ0v) is 22.8. The molecule has 3 rings (SSSR count). The van der Waals surface area contributed by atoms with E-state index in [1.165, 1.54) is 127 Å². The molecule has 1 N–H and O–H groups in total. The zero-order valence-electron chi connectivity index (χ0n) is 22.8. The molecule has 0 aromatic carbocycles. The summed E-state index contributed by atoms with van der Waals surface area (Å²) < 4.78 is 0. The molecule has 3 aliphatic rings. The highest BCUT2D eigenvalue weighted by Gasteiger charge is 2.20. The first-order chi connectivity index (χ1) is 17.3. The van der Waals surface area contributed by atoms with E-state index in [1.54, 1.807) is 5.57 Å². The topological polar surface area (TPSA) is 12.0 Å². The van der Waals surface area contributed by atoms with Gasteiger partial charge in [-0.1, -0.05) is 145 Å². The third kappa shape index (κ3) is 11.2. The van der Waals surface area contributed by atoms with Crippen LogP contribution >= 0.6 is 0 Å². The first kappa shape index (κ1) is 27.8. The van der Waals surface area contributed by atoms with E-state index >= 15 is 0 Å². The molecule has 35 heavy (non-hydrogen) atoms. The van der Waals surface area contributed by atoms with Crippen molar-refractivity contribution in [1.82, 2.24) is 5.32 Å². The Balaban J connectivity index is 1.96. The van der Waals surface area contributed by atoms with Crippen LogP contribution in [0.3, 0.4) is 0 Å². The van der Waals surface area contributed by atoms with Crippen LogP contribution in [0.4, 0.5) is 0 Å². The predicted octanol–water partition coefficient (Wildman–Crippen LogP) is 10.3. The van der Waals surface area contributed by atoms with E-state index in [9.17, 15) is 0 Å². The SMILES string of the molecule is CC1CCCCCC(C2=C3NCCCCCCCCCC/C3=C/C=C\C=C/C=C\C=C2)CCCC1. The second kappa shape index (κ2) is 17.6. The smallest absolute Gasteiger partial charge is 0.0408 e. The minimum atomic E-state index is 0.664. The summed E-state index contributed by atoms with van der Waals surface area (Å²) in [5.74, 6) is 1.57. The van der Waals surface area contributed by atoms with Gasteiger partial charge in [0, 0.05) is 12.2 Å². The van der Waals surface area contributed by atoms with Gasteiger partial charge in [0.2, 0.25) is 0 Å². The molecule has 2 aliphatic carbocycles. The highest BCUT2D eigenvalue weighted by atomic mass is 14.9. The molecule has 0 bridgehead atoms. The van der Waals surface area contributed by atoms with Crippen molar-refractivity contribution in [2.45, 2.75) is 122 Å². The molecule has 1 saturated heterocycles. The van der Waals surface area contributed by atoms with Gasteiger partial charge in [0.1, 0.15) is 0 Å². The lowest BCUT2D eigenvalue weighted by Gasteiger charge is -2.25. The molecule has 0 spiro atoms. The van der Waals surface area contributed by atoms with E-state index in [0.717, 1.165) is 12.5 Å². The molecule has 1 heteroatoms. The van der Waals surface area contributed by atoms with Crippen molar-refractivity contribution in [1.29, 1.82) is 0 Å². The van der Waals surface area contributed by atoms with E-state index in [2.05, 4.69) is 66.9 Å². The summed E-state index contributed by atoms with van der Waals surface area (Å²) in [5, 5.41) is 4.03. The molecule has 1 heterocycles. The minimum Gasteiger partial charge on any atom is -0.385 e. The Labute approximate surface area is 217 Å². The molecule has 0 aromatic rings. The molecule has 0 aromatic heterocycles. The van der Waals surface area contributed by atoms with Gasteiger partial charge < -0.3 is 5.32 Å². The van der Waals surface area contributed by atoms with Crippen molar-refractivity contribution in [2.24, 2.45) is 11.8 Å². The maximum atomic E-state index is 4.03. The number of fused-ring (bicyclic) bond motifs is 1. The summed E-state index contributed by atoms with van der Waals surface area (Å²) in [4.78, 5) is 0. The van der Waals surface area contributed by atoms with Crippen LogP contribution in [0.2, 0.25) is 0 Å². The van der Waals surface area contributed by atoms with E-state index < -0.39 is 0 Å². The lowest BCUT2D eigenvalue weighted by atomic mass is 9.84. The lowest BCUT2D eigenvalue weighted by Crippen LogP contribution is -2.21. The largest absolute Gasteiger partial charge is 0.385 e. The van der Waals surface area contributed by atoms with E-state index in [4.69, 9.17) is 0 Å². The van der Waals surface area contributed by atoms with Crippen LogP contribution in [0.25, 0.3) is 0 Å². The Bertz CT molecular complexity index is 759. The van der Waals surface area contributed by atoms with Gasteiger partial charge in [-0.3, -0.25) is 0 Å². The van der Waals surface area contributed by atoms with Gasteiger partial charge in [-0.25, -0.2) is 0 Å². The molecule has 1 saturated carbocycles. The highest BCUT2D eigenvalue weighted by molar-refractivity contribution is 5.43. The molecular formula is C34H53N. The average Bonchev–Trinajstić information content (AvgIpc) is 2.88. The summed E-state index contributed by atoms with van der Waals surface area (Å²) in [6.07, 6.45) is 44.9. The Kier molecular flexibility index (Phi) is 14.0. The molecule has 1 nitrogen and oxygen atoms in total. The third-order valence-corrected chi connectivity index (χ3v) is 8.21. The second-order valence-electron chi connectivity index (χ2n) is 11.3. The number of nitrogens with one attached hydrogen (secondary N) is 1. The van der Waals surface area contributed by atoms with Crippen LogP contribution in [-0.4, -0.2) is 6.54 Å². The van der Waals surface area contributed by atoms with Gasteiger partial charge in [0.25, 0.3) is 0 Å². The van der Waals surface area contributed by atoms with Crippen molar-refractivity contribution >= 4 is 0 Å². The molecule has 2 fully saturated rings. The van der Waals surface area contributed by atoms with Gasteiger partial charge in [-0.15, -0.1) is 0 Å². The molecule has 0 amide bonds. The average molecular weight is 476 g/mol. The van der Waals surface area contributed by atoms with Gasteiger partial charge in [0.05, 0.1) is 0 Å². The van der Waals surface area contributed by atoms with Crippen LogP contribution in [0.1, 0.15) is 122 Å². The lowest BCUT2D eigenvalue weighted by molar-refractivity contribution is 0.443. The van der Waals surface area contributed by atoms with Crippen LogP contribution in [0.5, 0.6) is 0 Å². The Morgan fingerprint density at radius 1 is 0.571 bits per heavy atom. The molecule has 0 radical (unpaired) electrons. The second-order valence-corrected chi connectivity index (χ2v) is 11.3. The summed E-state index contributed by atoms with van der Waals surface area (Å²) in [7, 11) is 0. The fraction of sp³-hybridized carbons (Fsp3) is 0.647. The Hall–Kier alpha value is -1.76. The fourth-order valence-electron chi connectivity index (χ4n) is 6.03. The van der Waals surface area contributed by atoms with Crippen LogP contribution < -0.4 is 5.32 Å². The van der Waals surface area contributed by atoms with Crippen molar-refractivity contribution in [2.75, 3.05) is 6.54 Å². The molecule has 194 valence electrons. The first-order valence-corrected chi connectivity index (χ1v) is 15.2. The quantitative estimate of drug-likeness (QED) is 0.397. The van der Waals surface area contributed by atoms with Crippen molar-refractivity contribution in [3.8, 4) is 0 Å². The fourth-order valence-corrected chi connectivity index (χ4v) is 6.03. The molecule has 2 unspecified atom stereocenters.